The molecule has 0 aromatic rings. The number of hydrogen-bond acceptors (Lipinski definition) is 6. The van der Waals surface area contributed by atoms with Crippen molar-refractivity contribution >= 4 is 29.5 Å². The van der Waals surface area contributed by atoms with E-state index in [1.807, 2.05) is 19.0 Å². The quantitative estimate of drug-likeness (QED) is 0.0368. The van der Waals surface area contributed by atoms with Gasteiger partial charge in [-0.15, -0.1) is 0 Å². The van der Waals surface area contributed by atoms with Gasteiger partial charge in [0.25, 0.3) is 0 Å². The van der Waals surface area contributed by atoms with Crippen LogP contribution in [0.3, 0.4) is 0 Å². The molecule has 0 aliphatic heterocycles. The Bertz CT molecular complexity index is 910. The monoisotopic (exact) mass is 764 g/mol. The van der Waals surface area contributed by atoms with Crippen molar-refractivity contribution in [2.75, 3.05) is 45.3 Å². The van der Waals surface area contributed by atoms with Gasteiger partial charge in [-0.05, 0) is 77.6 Å². The van der Waals surface area contributed by atoms with Gasteiger partial charge < -0.3 is 20.3 Å². The van der Waals surface area contributed by atoms with Gasteiger partial charge in [0.15, 0.2) is 0 Å². The van der Waals surface area contributed by atoms with Crippen molar-refractivity contribution in [1.82, 2.24) is 15.5 Å². The summed E-state index contributed by atoms with van der Waals surface area (Å²) in [4.78, 5) is 41.1. The summed E-state index contributed by atoms with van der Waals surface area (Å²) in [5, 5.41) is 6.19. The van der Waals surface area contributed by atoms with Crippen molar-refractivity contribution in [3.63, 3.8) is 0 Å². The number of carbonyl (C=O) groups excluding carboxylic acids is 3. The third-order valence-corrected chi connectivity index (χ3v) is 10.8. The molecule has 2 amide bonds. The second-order valence-corrected chi connectivity index (χ2v) is 16.4. The summed E-state index contributed by atoms with van der Waals surface area (Å²) < 4.78 is 5.48. The van der Waals surface area contributed by atoms with Crippen LogP contribution in [0.4, 0.5) is 0 Å². The van der Waals surface area contributed by atoms with Crippen LogP contribution >= 0.6 is 11.8 Å². The molecule has 0 spiro atoms. The summed E-state index contributed by atoms with van der Waals surface area (Å²) in [6.07, 6.45) is 38.1. The van der Waals surface area contributed by atoms with Crippen LogP contribution in [-0.2, 0) is 19.1 Å². The van der Waals surface area contributed by atoms with Gasteiger partial charge in [0.2, 0.25) is 11.8 Å². The maximum Gasteiger partial charge on any atom is 0.306 e. The van der Waals surface area contributed by atoms with Crippen LogP contribution in [0.5, 0.6) is 0 Å². The van der Waals surface area contributed by atoms with E-state index in [1.165, 1.54) is 96.3 Å². The lowest BCUT2D eigenvalue weighted by Gasteiger charge is -2.23. The molecule has 0 bridgehead atoms. The number of rotatable bonds is 39. The predicted octanol–water partition coefficient (Wildman–Crippen LogP) is 11.4. The molecule has 8 heteroatoms. The van der Waals surface area contributed by atoms with Gasteiger partial charge in [-0.3, -0.25) is 14.4 Å². The number of hydrogen-bond donors (Lipinski definition) is 2. The van der Waals surface area contributed by atoms with Crippen LogP contribution < -0.4 is 10.6 Å². The van der Waals surface area contributed by atoms with Crippen molar-refractivity contribution in [1.29, 1.82) is 0 Å². The van der Waals surface area contributed by atoms with Crippen LogP contribution in [0.2, 0.25) is 0 Å². The van der Waals surface area contributed by atoms with Gasteiger partial charge in [-0.1, -0.05) is 148 Å². The highest BCUT2D eigenvalue weighted by Gasteiger charge is 2.25. The molecule has 310 valence electrons. The van der Waals surface area contributed by atoms with Crippen molar-refractivity contribution in [2.24, 2.45) is 5.92 Å². The molecule has 0 aliphatic rings. The number of unbranched alkanes of at least 4 members (excludes halogenated alkanes) is 17. The smallest absolute Gasteiger partial charge is 0.306 e. The summed E-state index contributed by atoms with van der Waals surface area (Å²) in [7, 11) is 3.96. The van der Waals surface area contributed by atoms with E-state index < -0.39 is 6.04 Å². The standard InChI is InChI=1S/C45H85N3O4S/c1-6-9-12-15-17-18-19-20-21-22-23-24-25-26-28-31-38-52-43(49)35-40-53-39-34-42(45(51)46-36-37-48(4)5)47-44(50)41(32-29-14-11-8-3)33-30-27-16-13-10-7-2/h17-18,20-21,41-42H,6-16,19,22-40H2,1-5H3,(H,46,51)(H,47,50). The largest absolute Gasteiger partial charge is 0.466 e. The molecule has 53 heavy (non-hydrogen) atoms. The molecule has 0 aromatic heterocycles. The summed E-state index contributed by atoms with van der Waals surface area (Å²) in [5.74, 6) is 1.08. The molecule has 0 aromatic carbocycles. The second kappa shape index (κ2) is 39.9. The molecule has 0 rings (SSSR count). The maximum absolute atomic E-state index is 13.6. The molecular formula is C45H85N3O4S. The van der Waals surface area contributed by atoms with Crippen molar-refractivity contribution < 1.29 is 19.1 Å². The minimum atomic E-state index is -0.560. The second-order valence-electron chi connectivity index (χ2n) is 15.2. The number of nitrogens with one attached hydrogen (secondary N) is 2. The SMILES string of the molecule is CCCCCC=CCC=CCCCCCCCCOC(=O)CCSCCC(NC(=O)C(CCCCCC)CCCCCCCC)C(=O)NCCN(C)C. The third-order valence-electron chi connectivity index (χ3n) is 9.78. The summed E-state index contributed by atoms with van der Waals surface area (Å²) >= 11 is 1.65. The molecule has 0 radical (unpaired) electrons. The van der Waals surface area contributed by atoms with E-state index in [-0.39, 0.29) is 23.7 Å². The van der Waals surface area contributed by atoms with E-state index in [4.69, 9.17) is 4.74 Å². The van der Waals surface area contributed by atoms with Crippen molar-refractivity contribution in [3.8, 4) is 0 Å². The van der Waals surface area contributed by atoms with Crippen LogP contribution in [0.15, 0.2) is 24.3 Å². The number of carbonyl (C=O) groups is 3. The van der Waals surface area contributed by atoms with Gasteiger partial charge >= 0.3 is 5.97 Å². The fourth-order valence-corrected chi connectivity index (χ4v) is 7.20. The topological polar surface area (TPSA) is 87.7 Å². The van der Waals surface area contributed by atoms with E-state index in [1.54, 1.807) is 11.8 Å². The molecule has 2 unspecified atom stereocenters. The van der Waals surface area contributed by atoms with E-state index in [9.17, 15) is 14.4 Å². The zero-order valence-corrected chi connectivity index (χ0v) is 36.2. The first-order valence-electron chi connectivity index (χ1n) is 22.1. The molecule has 0 saturated heterocycles. The first kappa shape index (κ1) is 51.2. The number of amides is 2. The molecule has 7 nitrogen and oxygen atoms in total. The third kappa shape index (κ3) is 35.6. The zero-order chi connectivity index (χ0) is 39.0. The van der Waals surface area contributed by atoms with Crippen LogP contribution in [0.1, 0.15) is 188 Å². The molecule has 0 heterocycles. The molecule has 2 atom stereocenters. The number of ether oxygens (including phenoxy) is 1. The van der Waals surface area contributed by atoms with Gasteiger partial charge in [0, 0.05) is 24.8 Å². The highest BCUT2D eigenvalue weighted by molar-refractivity contribution is 7.99. The lowest BCUT2D eigenvalue weighted by atomic mass is 9.93. The summed E-state index contributed by atoms with van der Waals surface area (Å²) in [6.45, 7) is 8.48. The van der Waals surface area contributed by atoms with Gasteiger partial charge in [-0.2, -0.15) is 11.8 Å². The average Bonchev–Trinajstić information content (AvgIpc) is 3.14. The zero-order valence-electron chi connectivity index (χ0n) is 35.4. The predicted molar refractivity (Wildman–Crippen MR) is 231 cm³/mol. The molecule has 2 N–H and O–H groups in total. The molecule has 0 aliphatic carbocycles. The summed E-state index contributed by atoms with van der Waals surface area (Å²) in [5.41, 5.74) is 0. The lowest BCUT2D eigenvalue weighted by Crippen LogP contribution is -2.49. The number of esters is 1. The molecular weight excluding hydrogens is 679 g/mol. The van der Waals surface area contributed by atoms with Crippen molar-refractivity contribution in [2.45, 2.75) is 194 Å². The highest BCUT2D eigenvalue weighted by atomic mass is 32.2. The van der Waals surface area contributed by atoms with E-state index in [0.29, 0.717) is 37.5 Å². The minimum Gasteiger partial charge on any atom is -0.466 e. The average molecular weight is 764 g/mol. The van der Waals surface area contributed by atoms with Crippen molar-refractivity contribution in [3.05, 3.63) is 24.3 Å². The Labute approximate surface area is 332 Å². The van der Waals surface area contributed by atoms with Crippen LogP contribution in [0.25, 0.3) is 0 Å². The molecule has 0 fully saturated rings. The van der Waals surface area contributed by atoms with Gasteiger partial charge in [-0.25, -0.2) is 0 Å². The first-order valence-corrected chi connectivity index (χ1v) is 23.3. The van der Waals surface area contributed by atoms with Gasteiger partial charge in [0.05, 0.1) is 13.0 Å². The fourth-order valence-electron chi connectivity index (χ4n) is 6.29. The minimum absolute atomic E-state index is 0.0282. The van der Waals surface area contributed by atoms with E-state index in [2.05, 4.69) is 55.7 Å². The van der Waals surface area contributed by atoms with Crippen LogP contribution in [0, 0.1) is 5.92 Å². The highest BCUT2D eigenvalue weighted by Crippen LogP contribution is 2.20. The van der Waals surface area contributed by atoms with Gasteiger partial charge in [0.1, 0.15) is 6.04 Å². The molecule has 0 saturated carbocycles. The Morgan fingerprint density at radius 3 is 1.77 bits per heavy atom. The normalized spacial score (nSPS) is 12.9. The fraction of sp³-hybridized carbons (Fsp3) is 0.844. The Kier molecular flexibility index (Phi) is 38.5. The maximum atomic E-state index is 13.6. The van der Waals surface area contributed by atoms with E-state index >= 15 is 0 Å². The van der Waals surface area contributed by atoms with Crippen LogP contribution in [-0.4, -0.2) is 74.0 Å². The number of allylic oxidation sites excluding steroid dienone is 4. The Hall–Kier alpha value is -1.80. The number of thioether (sulfide) groups is 1. The Morgan fingerprint density at radius 1 is 0.623 bits per heavy atom. The van der Waals surface area contributed by atoms with E-state index in [0.717, 1.165) is 64.3 Å². The summed E-state index contributed by atoms with van der Waals surface area (Å²) in [6, 6.07) is -0.560. The first-order chi connectivity index (χ1) is 25.8. The lowest BCUT2D eigenvalue weighted by molar-refractivity contribution is -0.143. The Morgan fingerprint density at radius 2 is 1.15 bits per heavy atom. The number of likely N-dealkylation sites (N-methyl/N-ethyl adjacent to an activating group) is 1. The Balaban J connectivity index is 4.43. The number of nitrogens with zero attached hydrogens (tertiary/aromatic N) is 1.